The van der Waals surface area contributed by atoms with Crippen LogP contribution in [0.15, 0.2) is 227 Å². The lowest BCUT2D eigenvalue weighted by Crippen LogP contribution is -2.35. The van der Waals surface area contributed by atoms with Gasteiger partial charge in [-0.1, -0.05) is 188 Å². The highest BCUT2D eigenvalue weighted by Crippen LogP contribution is 2.35. The lowest BCUT2D eigenvalue weighted by molar-refractivity contribution is 0.674. The van der Waals surface area contributed by atoms with Crippen LogP contribution in [0, 0.1) is 11.3 Å². The third kappa shape index (κ3) is 8.73. The third-order valence-corrected chi connectivity index (χ3v) is 10.9. The summed E-state index contributed by atoms with van der Waals surface area (Å²) in [6.07, 6.45) is -0.940. The Labute approximate surface area is 362 Å². The second kappa shape index (κ2) is 18.4. The molecule has 298 valence electrons. The molecule has 2 atom stereocenters. The summed E-state index contributed by atoms with van der Waals surface area (Å²) in [6, 6.07) is 73.9. The molecule has 0 fully saturated rings. The van der Waals surface area contributed by atoms with Crippen molar-refractivity contribution in [3.8, 4) is 39.4 Å². The van der Waals surface area contributed by atoms with E-state index in [1.165, 1.54) is 0 Å². The summed E-state index contributed by atoms with van der Waals surface area (Å²) in [5.41, 5.74) is 19.1. The number of hydrogen-bond acceptors (Lipinski definition) is 6. The zero-order chi connectivity index (χ0) is 42.1. The maximum atomic E-state index is 9.90. The average molecular weight is 802 g/mol. The molecule has 0 spiro atoms. The fraction of sp³-hybridized carbons (Fsp3) is 0.0545. The lowest BCUT2D eigenvalue weighted by Gasteiger charge is -2.25. The highest BCUT2D eigenvalue weighted by atomic mass is 15.2. The Hall–Kier alpha value is -8.18. The van der Waals surface area contributed by atoms with Crippen molar-refractivity contribution in [3.63, 3.8) is 0 Å². The van der Waals surface area contributed by atoms with Crippen molar-refractivity contribution < 1.29 is 0 Å². The zero-order valence-corrected chi connectivity index (χ0v) is 33.9. The van der Waals surface area contributed by atoms with Gasteiger partial charge in [0, 0.05) is 16.7 Å². The molecule has 0 bridgehead atoms. The number of rotatable bonds is 11. The Balaban J connectivity index is 1.16. The Morgan fingerprint density at radius 3 is 1.95 bits per heavy atom. The van der Waals surface area contributed by atoms with Crippen LogP contribution in [0.2, 0.25) is 0 Å². The number of hydrogen-bond donors (Lipinski definition) is 3. The number of aliphatic imine (C=N–C) groups is 3. The zero-order valence-electron chi connectivity index (χ0n) is 33.9. The van der Waals surface area contributed by atoms with Gasteiger partial charge in [-0.15, -0.1) is 0 Å². The predicted octanol–water partition coefficient (Wildman–Crippen LogP) is 11.2. The van der Waals surface area contributed by atoms with E-state index in [0.717, 1.165) is 72.6 Å². The number of nitrogens with one attached hydrogen (secondary N) is 2. The van der Waals surface area contributed by atoms with Crippen molar-refractivity contribution in [1.82, 2.24) is 10.6 Å². The van der Waals surface area contributed by atoms with Crippen molar-refractivity contribution in [2.75, 3.05) is 0 Å². The van der Waals surface area contributed by atoms with E-state index >= 15 is 0 Å². The first-order chi connectivity index (χ1) is 30.6. The minimum atomic E-state index is -0.481. The maximum absolute atomic E-state index is 9.90. The van der Waals surface area contributed by atoms with E-state index in [2.05, 4.69) is 114 Å². The number of benzene rings is 8. The SMILES string of the molecule is N#Cc1ccccc1-c1cccc(C2N=C(c3ccc(-c4ccccc4/C(=N/Cc4ccccc4)NC(N)c4ccccc4)cc3-c3ccccc3)N=C(c3ccccc3)N2)c1. The van der Waals surface area contributed by atoms with Gasteiger partial charge in [0.1, 0.15) is 24.0 Å². The summed E-state index contributed by atoms with van der Waals surface area (Å²) < 4.78 is 0. The van der Waals surface area contributed by atoms with Gasteiger partial charge in [0.2, 0.25) is 0 Å². The van der Waals surface area contributed by atoms with Gasteiger partial charge in [0.05, 0.1) is 18.2 Å². The van der Waals surface area contributed by atoms with Gasteiger partial charge >= 0.3 is 0 Å². The topological polar surface area (TPSA) is 111 Å². The average Bonchev–Trinajstić information content (AvgIpc) is 3.36. The Morgan fingerprint density at radius 1 is 0.597 bits per heavy atom. The number of nitrogens with zero attached hydrogens (tertiary/aromatic N) is 4. The van der Waals surface area contributed by atoms with Gasteiger partial charge in [0.25, 0.3) is 0 Å². The van der Waals surface area contributed by atoms with Crippen LogP contribution in [0.1, 0.15) is 51.3 Å². The molecule has 0 aliphatic carbocycles. The number of amidine groups is 3. The van der Waals surface area contributed by atoms with Crippen LogP contribution >= 0.6 is 0 Å². The molecule has 8 aromatic rings. The molecular formula is C55H43N7. The molecule has 7 nitrogen and oxygen atoms in total. The number of nitrogens with two attached hydrogens (primary N) is 1. The Morgan fingerprint density at radius 2 is 1.21 bits per heavy atom. The fourth-order valence-electron chi connectivity index (χ4n) is 7.75. The number of nitriles is 1. The molecule has 2 unspecified atom stereocenters. The van der Waals surface area contributed by atoms with Gasteiger partial charge in [-0.2, -0.15) is 5.26 Å². The summed E-state index contributed by atoms with van der Waals surface area (Å²) in [6.45, 7) is 0.484. The van der Waals surface area contributed by atoms with Crippen LogP contribution in [0.3, 0.4) is 0 Å². The second-order valence-electron chi connectivity index (χ2n) is 15.0. The van der Waals surface area contributed by atoms with Crippen molar-refractivity contribution in [2.45, 2.75) is 18.9 Å². The summed E-state index contributed by atoms with van der Waals surface area (Å²) in [5.74, 6) is 2.03. The molecule has 1 aliphatic heterocycles. The monoisotopic (exact) mass is 801 g/mol. The van der Waals surface area contributed by atoms with E-state index < -0.39 is 12.3 Å². The highest BCUT2D eigenvalue weighted by Gasteiger charge is 2.24. The predicted molar refractivity (Wildman–Crippen MR) is 252 cm³/mol. The quantitative estimate of drug-likeness (QED) is 0.0687. The molecule has 4 N–H and O–H groups in total. The van der Waals surface area contributed by atoms with Gasteiger partial charge in [-0.3, -0.25) is 4.99 Å². The first kappa shape index (κ1) is 39.3. The van der Waals surface area contributed by atoms with E-state index in [9.17, 15) is 5.26 Å². The van der Waals surface area contributed by atoms with Crippen molar-refractivity contribution in [2.24, 2.45) is 20.7 Å². The summed E-state index contributed by atoms with van der Waals surface area (Å²) in [5, 5.41) is 17.1. The van der Waals surface area contributed by atoms with Gasteiger partial charge < -0.3 is 16.4 Å². The molecule has 0 amide bonds. The molecule has 1 heterocycles. The highest BCUT2D eigenvalue weighted by molar-refractivity contribution is 6.15. The van der Waals surface area contributed by atoms with E-state index in [4.69, 9.17) is 20.7 Å². The molecule has 62 heavy (non-hydrogen) atoms. The van der Waals surface area contributed by atoms with Crippen molar-refractivity contribution >= 4 is 17.5 Å². The second-order valence-corrected chi connectivity index (χ2v) is 15.0. The van der Waals surface area contributed by atoms with Crippen LogP contribution in [0.4, 0.5) is 0 Å². The first-order valence-electron chi connectivity index (χ1n) is 20.6. The van der Waals surface area contributed by atoms with Crippen molar-refractivity contribution in [3.05, 3.63) is 251 Å². The minimum absolute atomic E-state index is 0.459. The minimum Gasteiger partial charge on any atom is -0.351 e. The van der Waals surface area contributed by atoms with E-state index in [-0.39, 0.29) is 0 Å². The van der Waals surface area contributed by atoms with Crippen LogP contribution < -0.4 is 16.4 Å². The van der Waals surface area contributed by atoms with Gasteiger partial charge in [0.15, 0.2) is 5.84 Å². The van der Waals surface area contributed by atoms with E-state index in [1.54, 1.807) is 0 Å². The Kier molecular flexibility index (Phi) is 11.7. The molecule has 1 aliphatic rings. The van der Waals surface area contributed by atoms with E-state index in [0.29, 0.717) is 23.8 Å². The molecule has 0 aromatic heterocycles. The van der Waals surface area contributed by atoms with Crippen molar-refractivity contribution in [1.29, 1.82) is 5.26 Å². The maximum Gasteiger partial charge on any atom is 0.160 e. The Bertz CT molecular complexity index is 2950. The molecule has 9 rings (SSSR count). The summed E-state index contributed by atoms with van der Waals surface area (Å²) in [7, 11) is 0. The fourth-order valence-corrected chi connectivity index (χ4v) is 7.75. The molecule has 7 heteroatoms. The largest absolute Gasteiger partial charge is 0.351 e. The summed E-state index contributed by atoms with van der Waals surface area (Å²) >= 11 is 0. The normalized spacial score (nSPS) is 14.1. The standard InChI is InChI=1S/C55H43N7/c56-36-45-26-13-14-29-46(45)42-27-17-28-44(34-42)53-60-52(41-24-11-4-12-25-41)61-55(62-53)49-33-32-43(35-50(49)39-20-7-2-8-21-39)47-30-15-16-31-48(47)54(58-37-38-18-5-1-6-19-38)59-51(57)40-22-9-3-10-23-40/h1-35,51,53H,37,57H2,(H,58,59)(H,60,61,62). The van der Waals surface area contributed by atoms with Crippen LogP contribution in [0.5, 0.6) is 0 Å². The summed E-state index contributed by atoms with van der Waals surface area (Å²) in [4.78, 5) is 15.7. The third-order valence-electron chi connectivity index (χ3n) is 10.9. The van der Waals surface area contributed by atoms with Gasteiger partial charge in [-0.25, -0.2) is 9.98 Å². The lowest BCUT2D eigenvalue weighted by atomic mass is 9.91. The smallest absolute Gasteiger partial charge is 0.160 e. The first-order valence-corrected chi connectivity index (χ1v) is 20.6. The molecule has 0 saturated heterocycles. The van der Waals surface area contributed by atoms with E-state index in [1.807, 2.05) is 115 Å². The van der Waals surface area contributed by atoms with Crippen LogP contribution in [-0.4, -0.2) is 17.5 Å². The van der Waals surface area contributed by atoms with Crippen LogP contribution in [-0.2, 0) is 6.54 Å². The molecule has 8 aromatic carbocycles. The molecular weight excluding hydrogens is 759 g/mol. The molecule has 0 radical (unpaired) electrons. The molecule has 0 saturated carbocycles. The van der Waals surface area contributed by atoms with Crippen LogP contribution in [0.25, 0.3) is 33.4 Å². The van der Waals surface area contributed by atoms with Gasteiger partial charge in [-0.05, 0) is 74.3 Å².